The summed E-state index contributed by atoms with van der Waals surface area (Å²) < 4.78 is 11.9. The number of rotatable bonds is 4. The predicted octanol–water partition coefficient (Wildman–Crippen LogP) is 6.43. The van der Waals surface area contributed by atoms with Crippen LogP contribution in [0.15, 0.2) is 54.7 Å². The third-order valence-electron chi connectivity index (χ3n) is 7.29. The molecule has 6 nitrogen and oxygen atoms in total. The number of allylic oxidation sites excluding steroid dienone is 1. The van der Waals surface area contributed by atoms with E-state index < -0.39 is 0 Å². The first-order chi connectivity index (χ1) is 17.5. The summed E-state index contributed by atoms with van der Waals surface area (Å²) in [6.07, 6.45) is 7.71. The molecule has 0 spiro atoms. The number of ether oxygens (including phenoxy) is 2. The number of methoxy groups -OCH3 is 1. The smallest absolute Gasteiger partial charge is 0.140 e. The van der Waals surface area contributed by atoms with E-state index in [1.54, 1.807) is 7.11 Å². The molecular weight excluding hydrogens is 448 g/mol. The second-order valence-electron chi connectivity index (χ2n) is 10.0. The minimum Gasteiger partial charge on any atom is -0.495 e. The molecule has 36 heavy (non-hydrogen) atoms. The molecule has 3 unspecified atom stereocenters. The van der Waals surface area contributed by atoms with E-state index in [-0.39, 0.29) is 12.2 Å². The second kappa shape index (κ2) is 9.10. The van der Waals surface area contributed by atoms with Crippen molar-refractivity contribution < 1.29 is 9.47 Å². The lowest BCUT2D eigenvalue weighted by molar-refractivity contribution is -0.00521. The second-order valence-corrected chi connectivity index (χ2v) is 10.0. The van der Waals surface area contributed by atoms with Gasteiger partial charge in [-0.3, -0.25) is 4.98 Å². The molecule has 3 atom stereocenters. The zero-order valence-corrected chi connectivity index (χ0v) is 21.3. The number of hydrogen-bond acceptors (Lipinski definition) is 5. The van der Waals surface area contributed by atoms with Crippen LogP contribution in [0.1, 0.15) is 44.5 Å². The normalized spacial score (nSPS) is 21.6. The van der Waals surface area contributed by atoms with Crippen molar-refractivity contribution in [3.63, 3.8) is 0 Å². The summed E-state index contributed by atoms with van der Waals surface area (Å²) >= 11 is 0. The summed E-state index contributed by atoms with van der Waals surface area (Å²) in [5.41, 5.74) is 7.35. The van der Waals surface area contributed by atoms with Crippen molar-refractivity contribution in [1.29, 1.82) is 0 Å². The number of nitrogens with zero attached hydrogens (tertiary/aromatic N) is 3. The van der Waals surface area contributed by atoms with Gasteiger partial charge in [-0.15, -0.1) is 0 Å². The average molecular weight is 481 g/mol. The van der Waals surface area contributed by atoms with E-state index in [1.807, 2.05) is 6.20 Å². The molecule has 2 aromatic carbocycles. The Morgan fingerprint density at radius 3 is 2.50 bits per heavy atom. The molecule has 0 amide bonds. The van der Waals surface area contributed by atoms with Crippen molar-refractivity contribution in [3.05, 3.63) is 66.1 Å². The molecule has 1 aliphatic carbocycles. The van der Waals surface area contributed by atoms with E-state index in [0.29, 0.717) is 5.92 Å². The Morgan fingerprint density at radius 1 is 1.00 bits per heavy atom. The number of nitrogens with one attached hydrogen (secondary N) is 1. The summed E-state index contributed by atoms with van der Waals surface area (Å²) in [5.74, 6) is 2.11. The molecule has 1 N–H and O–H groups in total. The minimum absolute atomic E-state index is 0.228. The highest BCUT2D eigenvalue weighted by Crippen LogP contribution is 2.40. The van der Waals surface area contributed by atoms with Crippen LogP contribution in [0.2, 0.25) is 0 Å². The van der Waals surface area contributed by atoms with E-state index in [2.05, 4.69) is 85.3 Å². The number of morpholine rings is 1. The maximum absolute atomic E-state index is 5.97. The average Bonchev–Trinajstić information content (AvgIpc) is 3.33. The fourth-order valence-corrected chi connectivity index (χ4v) is 5.59. The SMILES string of the molecule is COc1c(-c2ccc(N3CC(C)OC(C)C3)cc2)cnc2c(-c3nc4c([nH]3)C(C)CC=C4)cccc12. The van der Waals surface area contributed by atoms with Gasteiger partial charge >= 0.3 is 0 Å². The Labute approximate surface area is 212 Å². The van der Waals surface area contributed by atoms with Crippen LogP contribution in [0.25, 0.3) is 39.5 Å². The quantitative estimate of drug-likeness (QED) is 0.364. The van der Waals surface area contributed by atoms with Gasteiger partial charge in [0.1, 0.15) is 11.6 Å². The Bertz CT molecular complexity index is 1430. The Hall–Kier alpha value is -3.64. The molecule has 6 heteroatoms. The maximum Gasteiger partial charge on any atom is 0.140 e. The van der Waals surface area contributed by atoms with E-state index in [9.17, 15) is 0 Å². The number of pyridine rings is 1. The number of imidazole rings is 1. The Kier molecular flexibility index (Phi) is 5.76. The molecule has 4 aromatic rings. The van der Waals surface area contributed by atoms with Crippen molar-refractivity contribution >= 4 is 22.7 Å². The van der Waals surface area contributed by atoms with Crippen molar-refractivity contribution in [2.45, 2.75) is 45.3 Å². The predicted molar refractivity (Wildman–Crippen MR) is 146 cm³/mol. The van der Waals surface area contributed by atoms with Crippen molar-refractivity contribution in [2.24, 2.45) is 0 Å². The topological polar surface area (TPSA) is 63.3 Å². The number of anilines is 1. The molecule has 184 valence electrons. The fraction of sp³-hybridized carbons (Fsp3) is 0.333. The van der Waals surface area contributed by atoms with Gasteiger partial charge in [-0.1, -0.05) is 31.2 Å². The molecule has 3 heterocycles. The third-order valence-corrected chi connectivity index (χ3v) is 7.29. The van der Waals surface area contributed by atoms with Crippen molar-refractivity contribution in [1.82, 2.24) is 15.0 Å². The van der Waals surface area contributed by atoms with E-state index in [1.165, 1.54) is 11.4 Å². The molecule has 6 rings (SSSR count). The Morgan fingerprint density at radius 2 is 1.78 bits per heavy atom. The number of H-pyrrole nitrogens is 1. The Balaban J connectivity index is 1.38. The van der Waals surface area contributed by atoms with Crippen LogP contribution in [0, 0.1) is 0 Å². The van der Waals surface area contributed by atoms with Gasteiger partial charge in [-0.2, -0.15) is 0 Å². The number of para-hydroxylation sites is 1. The first kappa shape index (κ1) is 22.8. The highest BCUT2D eigenvalue weighted by atomic mass is 16.5. The van der Waals surface area contributed by atoms with Crippen LogP contribution in [-0.4, -0.2) is 47.4 Å². The number of fused-ring (bicyclic) bond motifs is 2. The van der Waals surface area contributed by atoms with Crippen LogP contribution in [-0.2, 0) is 4.74 Å². The lowest BCUT2D eigenvalue weighted by Crippen LogP contribution is -2.45. The van der Waals surface area contributed by atoms with Gasteiger partial charge in [0, 0.05) is 53.1 Å². The van der Waals surface area contributed by atoms with Gasteiger partial charge in [-0.05, 0) is 56.2 Å². The first-order valence-electron chi connectivity index (χ1n) is 12.7. The molecule has 2 aromatic heterocycles. The molecule has 1 aliphatic heterocycles. The van der Waals surface area contributed by atoms with Crippen LogP contribution in [0.5, 0.6) is 5.75 Å². The fourth-order valence-electron chi connectivity index (χ4n) is 5.59. The molecule has 2 aliphatic rings. The van der Waals surface area contributed by atoms with Crippen LogP contribution in [0.3, 0.4) is 0 Å². The zero-order chi connectivity index (χ0) is 24.8. The molecule has 1 fully saturated rings. The standard InChI is InChI=1S/C30H32N4O2/c1-18-7-5-10-26-27(18)33-30(32-26)24-9-6-8-23-28(24)31-15-25(29(23)35-4)21-11-13-22(14-12-21)34-16-19(2)36-20(3)17-34/h5-6,8-15,18-20H,7,16-17H2,1-4H3,(H,32,33). The molecule has 0 radical (unpaired) electrons. The van der Waals surface area contributed by atoms with Crippen LogP contribution < -0.4 is 9.64 Å². The van der Waals surface area contributed by atoms with Gasteiger partial charge in [0.2, 0.25) is 0 Å². The molecule has 1 saturated heterocycles. The molecule has 0 saturated carbocycles. The maximum atomic E-state index is 5.97. The molecular formula is C30H32N4O2. The van der Waals surface area contributed by atoms with E-state index in [0.717, 1.165) is 64.4 Å². The highest BCUT2D eigenvalue weighted by Gasteiger charge is 2.23. The third kappa shape index (κ3) is 3.95. The zero-order valence-electron chi connectivity index (χ0n) is 21.3. The largest absolute Gasteiger partial charge is 0.495 e. The minimum atomic E-state index is 0.228. The monoisotopic (exact) mass is 480 g/mol. The van der Waals surface area contributed by atoms with Gasteiger partial charge in [0.15, 0.2) is 0 Å². The summed E-state index contributed by atoms with van der Waals surface area (Å²) in [6.45, 7) is 8.29. The molecule has 0 bridgehead atoms. The van der Waals surface area contributed by atoms with Crippen molar-refractivity contribution in [2.75, 3.05) is 25.1 Å². The van der Waals surface area contributed by atoms with Gasteiger partial charge in [-0.25, -0.2) is 4.98 Å². The number of benzene rings is 2. The van der Waals surface area contributed by atoms with E-state index >= 15 is 0 Å². The number of aromatic amines is 1. The van der Waals surface area contributed by atoms with Crippen LogP contribution in [0.4, 0.5) is 5.69 Å². The summed E-state index contributed by atoms with van der Waals surface area (Å²) in [4.78, 5) is 15.8. The number of hydrogen-bond donors (Lipinski definition) is 1. The first-order valence-corrected chi connectivity index (χ1v) is 12.7. The number of aromatic nitrogens is 3. The van der Waals surface area contributed by atoms with Gasteiger partial charge in [0.25, 0.3) is 0 Å². The summed E-state index contributed by atoms with van der Waals surface area (Å²) in [5, 5.41) is 0.977. The van der Waals surface area contributed by atoms with E-state index in [4.69, 9.17) is 19.4 Å². The van der Waals surface area contributed by atoms with Crippen LogP contribution >= 0.6 is 0 Å². The lowest BCUT2D eigenvalue weighted by atomic mass is 9.97. The summed E-state index contributed by atoms with van der Waals surface area (Å²) in [7, 11) is 1.73. The van der Waals surface area contributed by atoms with Gasteiger partial charge in [0.05, 0.1) is 30.5 Å². The van der Waals surface area contributed by atoms with Crippen molar-refractivity contribution in [3.8, 4) is 28.3 Å². The summed E-state index contributed by atoms with van der Waals surface area (Å²) in [6, 6.07) is 14.9. The highest BCUT2D eigenvalue weighted by molar-refractivity contribution is 5.99. The lowest BCUT2D eigenvalue weighted by Gasteiger charge is -2.36. The van der Waals surface area contributed by atoms with Gasteiger partial charge < -0.3 is 19.4 Å².